The lowest BCUT2D eigenvalue weighted by atomic mass is 9.88. The van der Waals surface area contributed by atoms with Crippen LogP contribution in [-0.2, 0) is 17.6 Å². The maximum Gasteiger partial charge on any atom is 0.409 e. The summed E-state index contributed by atoms with van der Waals surface area (Å²) >= 11 is 9.88. The van der Waals surface area contributed by atoms with E-state index in [0.717, 1.165) is 47.0 Å². The minimum absolute atomic E-state index is 0.240. The Morgan fingerprint density at radius 2 is 1.84 bits per heavy atom. The number of carbonyl (C=O) groups is 1. The molecule has 2 aromatic rings. The summed E-state index contributed by atoms with van der Waals surface area (Å²) in [5.74, 6) is 0. The van der Waals surface area contributed by atoms with Gasteiger partial charge in [-0.15, -0.1) is 0 Å². The van der Waals surface area contributed by atoms with E-state index in [1.165, 1.54) is 16.7 Å². The fraction of sp³-hybridized carbons (Fsp3) is 0.417. The maximum absolute atomic E-state index is 12.1. The molecule has 0 atom stereocenters. The van der Waals surface area contributed by atoms with Crippen molar-refractivity contribution in [2.45, 2.75) is 46.5 Å². The number of benzene rings is 1. The third kappa shape index (κ3) is 5.07. The Bertz CT molecular complexity index is 997. The zero-order valence-corrected chi connectivity index (χ0v) is 20.6. The van der Waals surface area contributed by atoms with Gasteiger partial charge in [-0.05, 0) is 83.4 Å². The molecule has 1 fully saturated rings. The molecule has 0 unspecified atom stereocenters. The van der Waals surface area contributed by atoms with E-state index < -0.39 is 0 Å². The van der Waals surface area contributed by atoms with E-state index in [1.807, 2.05) is 39.1 Å². The molecule has 0 saturated carbocycles. The van der Waals surface area contributed by atoms with E-state index in [0.29, 0.717) is 30.4 Å². The summed E-state index contributed by atoms with van der Waals surface area (Å²) in [5, 5.41) is 0.588. The van der Waals surface area contributed by atoms with Crippen LogP contribution in [0.15, 0.2) is 34.4 Å². The number of hydrogen-bond acceptors (Lipinski definition) is 4. The lowest BCUT2D eigenvalue weighted by molar-refractivity contribution is 0.104. The molecule has 2 heterocycles. The van der Waals surface area contributed by atoms with Gasteiger partial charge in [0.2, 0.25) is 0 Å². The molecule has 1 saturated heterocycles. The molecule has 0 spiro atoms. The van der Waals surface area contributed by atoms with Crippen molar-refractivity contribution in [1.82, 2.24) is 9.88 Å². The fourth-order valence-electron chi connectivity index (χ4n) is 4.15. The van der Waals surface area contributed by atoms with Gasteiger partial charge < -0.3 is 15.4 Å². The molecule has 1 aromatic heterocycles. The molecule has 0 radical (unpaired) electrons. The third-order valence-corrected chi connectivity index (χ3v) is 6.33. The predicted molar refractivity (Wildman–Crippen MR) is 130 cm³/mol. The summed E-state index contributed by atoms with van der Waals surface area (Å²) in [6.07, 6.45) is 4.95. The number of amides is 1. The van der Waals surface area contributed by atoms with Gasteiger partial charge in [-0.25, -0.2) is 4.79 Å². The number of nitrogens with two attached hydrogens (primary N) is 1. The second-order valence-electron chi connectivity index (χ2n) is 7.36. The average Bonchev–Trinajstić information content (AvgIpc) is 2.92. The number of fused-ring (bicyclic) bond motifs is 2. The number of hydrogen-bond donors (Lipinski definition) is 1. The van der Waals surface area contributed by atoms with Crippen LogP contribution in [0.5, 0.6) is 0 Å². The van der Waals surface area contributed by atoms with Crippen LogP contribution >= 0.6 is 27.5 Å². The number of anilines is 1. The van der Waals surface area contributed by atoms with Crippen LogP contribution in [0.2, 0.25) is 5.02 Å². The van der Waals surface area contributed by atoms with Crippen LogP contribution in [0.3, 0.4) is 0 Å². The largest absolute Gasteiger partial charge is 0.450 e. The van der Waals surface area contributed by atoms with Crippen molar-refractivity contribution < 1.29 is 9.53 Å². The van der Waals surface area contributed by atoms with Gasteiger partial charge in [-0.2, -0.15) is 0 Å². The molecule has 2 aliphatic rings. The molecular formula is C24H29BrClN3O2. The number of rotatable bonds is 1. The number of aromatic nitrogens is 1. The lowest BCUT2D eigenvalue weighted by Crippen LogP contribution is -2.37. The molecule has 31 heavy (non-hydrogen) atoms. The molecule has 166 valence electrons. The Morgan fingerprint density at radius 1 is 1.16 bits per heavy atom. The summed E-state index contributed by atoms with van der Waals surface area (Å²) in [6.45, 7) is 7.50. The molecule has 0 bridgehead atoms. The number of likely N-dealkylation sites (tertiary alicyclic amines) is 1. The predicted octanol–water partition coefficient (Wildman–Crippen LogP) is 6.26. The summed E-state index contributed by atoms with van der Waals surface area (Å²) in [6, 6.07) is 6.12. The van der Waals surface area contributed by atoms with Gasteiger partial charge in [0, 0.05) is 29.3 Å². The smallest absolute Gasteiger partial charge is 0.409 e. The van der Waals surface area contributed by atoms with Crippen molar-refractivity contribution in [2.24, 2.45) is 0 Å². The van der Waals surface area contributed by atoms with E-state index in [2.05, 4.69) is 22.0 Å². The summed E-state index contributed by atoms with van der Waals surface area (Å²) in [7, 11) is 0. The van der Waals surface area contributed by atoms with Crippen LogP contribution in [0.4, 0.5) is 10.5 Å². The van der Waals surface area contributed by atoms with E-state index in [1.54, 1.807) is 4.90 Å². The third-order valence-electron chi connectivity index (χ3n) is 5.57. The van der Waals surface area contributed by atoms with Gasteiger partial charge in [0.15, 0.2) is 0 Å². The van der Waals surface area contributed by atoms with Gasteiger partial charge in [0.05, 0.1) is 23.0 Å². The van der Waals surface area contributed by atoms with Crippen LogP contribution in [-0.4, -0.2) is 35.7 Å². The first-order valence-corrected chi connectivity index (χ1v) is 12.0. The molecule has 1 aliphatic heterocycles. The number of nitrogen functional groups attached to an aromatic ring is 1. The van der Waals surface area contributed by atoms with Crippen molar-refractivity contribution in [3.8, 4) is 0 Å². The van der Waals surface area contributed by atoms with E-state index in [-0.39, 0.29) is 6.09 Å². The first kappa shape index (κ1) is 23.6. The molecule has 7 heteroatoms. The zero-order valence-electron chi connectivity index (χ0n) is 18.3. The molecule has 2 N–H and O–H groups in total. The van der Waals surface area contributed by atoms with Crippen molar-refractivity contribution in [2.75, 3.05) is 25.4 Å². The van der Waals surface area contributed by atoms with Gasteiger partial charge in [-0.3, -0.25) is 4.98 Å². The van der Waals surface area contributed by atoms with Crippen LogP contribution in [0.1, 0.15) is 56.0 Å². The highest BCUT2D eigenvalue weighted by molar-refractivity contribution is 9.10. The monoisotopic (exact) mass is 505 g/mol. The Labute approximate surface area is 197 Å². The second-order valence-corrected chi connectivity index (χ2v) is 8.68. The SMILES string of the molecule is CC.CCOC(=O)N1CCC(=C2c3cc(N)c(Cl)cc3CCc3cc(Br)cnc32)CC1. The Hall–Kier alpha value is -2.05. The van der Waals surface area contributed by atoms with Gasteiger partial charge in [-0.1, -0.05) is 31.0 Å². The van der Waals surface area contributed by atoms with Crippen molar-refractivity contribution in [3.05, 3.63) is 61.8 Å². The second kappa shape index (κ2) is 10.5. The van der Waals surface area contributed by atoms with Gasteiger partial charge >= 0.3 is 6.09 Å². The average molecular weight is 507 g/mol. The number of pyridine rings is 1. The standard InChI is InChI=1S/C22H23BrClN3O2.C2H6/c1-2-29-22(28)27-7-5-13(6-8-27)20-17-11-19(25)18(24)10-14(17)3-4-15-9-16(23)12-26-21(15)20;1-2/h9-12H,2-8,25H2,1H3;1-2H3. The maximum atomic E-state index is 12.1. The first-order valence-electron chi connectivity index (χ1n) is 10.8. The Morgan fingerprint density at radius 3 is 2.52 bits per heavy atom. The van der Waals surface area contributed by atoms with E-state index in [4.69, 9.17) is 27.1 Å². The number of nitrogens with zero attached hydrogens (tertiary/aromatic N) is 2. The van der Waals surface area contributed by atoms with Crippen molar-refractivity contribution in [3.63, 3.8) is 0 Å². The molecular weight excluding hydrogens is 478 g/mol. The summed E-state index contributed by atoms with van der Waals surface area (Å²) < 4.78 is 6.13. The molecule has 1 aliphatic carbocycles. The number of carbonyl (C=O) groups excluding carboxylic acids is 1. The zero-order chi connectivity index (χ0) is 22.5. The van der Waals surface area contributed by atoms with Crippen LogP contribution < -0.4 is 5.73 Å². The highest BCUT2D eigenvalue weighted by Gasteiger charge is 2.27. The molecule has 1 amide bonds. The molecule has 4 rings (SSSR count). The summed E-state index contributed by atoms with van der Waals surface area (Å²) in [4.78, 5) is 18.7. The number of aryl methyl sites for hydroxylation is 2. The molecule has 5 nitrogen and oxygen atoms in total. The highest BCUT2D eigenvalue weighted by Crippen LogP contribution is 2.40. The topological polar surface area (TPSA) is 68.5 Å². The number of piperidine rings is 1. The summed E-state index contributed by atoms with van der Waals surface area (Å²) in [5.41, 5.74) is 13.7. The first-order chi connectivity index (χ1) is 15.0. The normalized spacial score (nSPS) is 15.3. The fourth-order valence-corrected chi connectivity index (χ4v) is 4.71. The number of halogens is 2. The minimum Gasteiger partial charge on any atom is -0.450 e. The van der Waals surface area contributed by atoms with E-state index in [9.17, 15) is 4.79 Å². The van der Waals surface area contributed by atoms with Crippen molar-refractivity contribution in [1.29, 1.82) is 0 Å². The van der Waals surface area contributed by atoms with E-state index >= 15 is 0 Å². The number of ether oxygens (including phenoxy) is 1. The van der Waals surface area contributed by atoms with Gasteiger partial charge in [0.1, 0.15) is 0 Å². The quantitative estimate of drug-likeness (QED) is 0.464. The Kier molecular flexibility index (Phi) is 8.00. The molecule has 1 aromatic carbocycles. The van der Waals surface area contributed by atoms with Crippen LogP contribution in [0.25, 0.3) is 5.57 Å². The minimum atomic E-state index is -0.240. The van der Waals surface area contributed by atoms with Crippen LogP contribution in [0, 0.1) is 0 Å². The lowest BCUT2D eigenvalue weighted by Gasteiger charge is -2.29. The van der Waals surface area contributed by atoms with Crippen molar-refractivity contribution >= 4 is 44.9 Å². The highest BCUT2D eigenvalue weighted by atomic mass is 79.9. The Balaban J connectivity index is 0.00000132. The van der Waals surface area contributed by atoms with Gasteiger partial charge in [0.25, 0.3) is 0 Å².